The molecule has 0 aliphatic carbocycles. The van der Waals surface area contributed by atoms with Gasteiger partial charge in [0.1, 0.15) is 11.9 Å². The van der Waals surface area contributed by atoms with E-state index in [9.17, 15) is 0 Å². The van der Waals surface area contributed by atoms with Gasteiger partial charge in [-0.2, -0.15) is 0 Å². The highest BCUT2D eigenvalue weighted by atomic mass is 16.5. The maximum absolute atomic E-state index is 5.85. The van der Waals surface area contributed by atoms with Gasteiger partial charge >= 0.3 is 0 Å². The molecule has 82 valence electrons. The Morgan fingerprint density at radius 2 is 2.20 bits per heavy atom. The second-order valence-electron chi connectivity index (χ2n) is 4.45. The van der Waals surface area contributed by atoms with Crippen molar-refractivity contribution in [3.05, 3.63) is 29.8 Å². The summed E-state index contributed by atoms with van der Waals surface area (Å²) in [5, 5.41) is 3.42. The average Bonchev–Trinajstić information content (AvgIpc) is 2.59. The van der Waals surface area contributed by atoms with Crippen molar-refractivity contribution in [2.24, 2.45) is 0 Å². The summed E-state index contributed by atoms with van der Waals surface area (Å²) in [4.78, 5) is 0. The monoisotopic (exact) mass is 205 g/mol. The molecule has 1 atom stereocenters. The average molecular weight is 205 g/mol. The molecule has 2 nitrogen and oxygen atoms in total. The van der Waals surface area contributed by atoms with Crippen molar-refractivity contribution in [2.45, 2.75) is 38.8 Å². The maximum atomic E-state index is 5.85. The molecule has 1 heterocycles. The lowest BCUT2D eigenvalue weighted by Gasteiger charge is -2.12. The molecule has 2 rings (SSSR count). The molecule has 0 spiro atoms. The number of para-hydroxylation sites is 1. The summed E-state index contributed by atoms with van der Waals surface area (Å²) in [5.41, 5.74) is 1.35. The van der Waals surface area contributed by atoms with Crippen molar-refractivity contribution in [2.75, 3.05) is 6.54 Å². The summed E-state index contributed by atoms with van der Waals surface area (Å²) in [6.45, 7) is 5.38. The zero-order chi connectivity index (χ0) is 10.7. The molecule has 15 heavy (non-hydrogen) atoms. The van der Waals surface area contributed by atoms with Crippen LogP contribution in [0.5, 0.6) is 5.75 Å². The molecule has 1 unspecified atom stereocenters. The summed E-state index contributed by atoms with van der Waals surface area (Å²) in [7, 11) is 0. The Kier molecular flexibility index (Phi) is 3.27. The molecule has 1 aliphatic heterocycles. The first kappa shape index (κ1) is 10.5. The smallest absolute Gasteiger partial charge is 0.123 e. The summed E-state index contributed by atoms with van der Waals surface area (Å²) in [6.07, 6.45) is 2.52. The van der Waals surface area contributed by atoms with E-state index in [1.54, 1.807) is 0 Å². The van der Waals surface area contributed by atoms with E-state index in [1.807, 2.05) is 6.07 Å². The van der Waals surface area contributed by atoms with Crippen LogP contribution < -0.4 is 10.1 Å². The molecule has 0 amide bonds. The van der Waals surface area contributed by atoms with Crippen molar-refractivity contribution < 1.29 is 4.74 Å². The van der Waals surface area contributed by atoms with Gasteiger partial charge in [0.05, 0.1) is 0 Å². The lowest BCUT2D eigenvalue weighted by atomic mass is 10.1. The quantitative estimate of drug-likeness (QED) is 0.815. The van der Waals surface area contributed by atoms with Crippen LogP contribution in [0.3, 0.4) is 0 Å². The van der Waals surface area contributed by atoms with Gasteiger partial charge in [-0.15, -0.1) is 0 Å². The van der Waals surface area contributed by atoms with Crippen molar-refractivity contribution in [1.29, 1.82) is 0 Å². The van der Waals surface area contributed by atoms with Gasteiger partial charge in [-0.25, -0.2) is 0 Å². The predicted octanol–water partition coefficient (Wildman–Crippen LogP) is 2.38. The van der Waals surface area contributed by atoms with Gasteiger partial charge in [0, 0.05) is 12.5 Å². The van der Waals surface area contributed by atoms with E-state index in [4.69, 9.17) is 4.74 Å². The van der Waals surface area contributed by atoms with Crippen molar-refractivity contribution in [3.63, 3.8) is 0 Å². The molecule has 0 fully saturated rings. The summed E-state index contributed by atoms with van der Waals surface area (Å²) in [5.74, 6) is 1.08. The molecule has 1 aromatic rings. The summed E-state index contributed by atoms with van der Waals surface area (Å²) in [6, 6.07) is 8.90. The van der Waals surface area contributed by atoms with Gasteiger partial charge in [0.15, 0.2) is 0 Å². The van der Waals surface area contributed by atoms with E-state index in [0.29, 0.717) is 12.1 Å². The van der Waals surface area contributed by atoms with E-state index in [1.165, 1.54) is 5.56 Å². The molecule has 0 saturated carbocycles. The lowest BCUT2D eigenvalue weighted by molar-refractivity contribution is 0.219. The minimum Gasteiger partial charge on any atom is -0.490 e. The number of nitrogens with one attached hydrogen (secondary N) is 1. The fourth-order valence-corrected chi connectivity index (χ4v) is 1.95. The van der Waals surface area contributed by atoms with Crippen LogP contribution in [0.2, 0.25) is 0 Å². The molecule has 1 aromatic carbocycles. The zero-order valence-corrected chi connectivity index (χ0v) is 9.49. The largest absolute Gasteiger partial charge is 0.490 e. The number of hydrogen-bond donors (Lipinski definition) is 1. The van der Waals surface area contributed by atoms with Crippen LogP contribution in [0, 0.1) is 0 Å². The highest BCUT2D eigenvalue weighted by Crippen LogP contribution is 2.29. The molecular weight excluding hydrogens is 186 g/mol. The Morgan fingerprint density at radius 1 is 1.40 bits per heavy atom. The van der Waals surface area contributed by atoms with Crippen molar-refractivity contribution in [1.82, 2.24) is 5.32 Å². The van der Waals surface area contributed by atoms with Gasteiger partial charge in [0.25, 0.3) is 0 Å². The second-order valence-corrected chi connectivity index (χ2v) is 4.45. The van der Waals surface area contributed by atoms with Gasteiger partial charge in [-0.1, -0.05) is 32.0 Å². The number of benzene rings is 1. The highest BCUT2D eigenvalue weighted by Gasteiger charge is 2.21. The second kappa shape index (κ2) is 4.67. The topological polar surface area (TPSA) is 21.3 Å². The molecular formula is C13H19NO. The first-order valence-corrected chi connectivity index (χ1v) is 5.73. The molecule has 1 aliphatic rings. The van der Waals surface area contributed by atoms with E-state index >= 15 is 0 Å². The molecule has 0 radical (unpaired) electrons. The van der Waals surface area contributed by atoms with Gasteiger partial charge in [0.2, 0.25) is 0 Å². The third-order valence-corrected chi connectivity index (χ3v) is 2.73. The SMILES string of the molecule is CC(C)NCCC1Cc2ccccc2O1. The first-order chi connectivity index (χ1) is 7.25. The normalized spacial score (nSPS) is 19.0. The van der Waals surface area contributed by atoms with Crippen LogP contribution >= 0.6 is 0 Å². The van der Waals surface area contributed by atoms with Crippen LogP contribution in [0.4, 0.5) is 0 Å². The van der Waals surface area contributed by atoms with Crippen LogP contribution in [-0.2, 0) is 6.42 Å². The fourth-order valence-electron chi connectivity index (χ4n) is 1.95. The lowest BCUT2D eigenvalue weighted by Crippen LogP contribution is -2.28. The Morgan fingerprint density at radius 3 is 2.93 bits per heavy atom. The Hall–Kier alpha value is -1.02. The van der Waals surface area contributed by atoms with Crippen LogP contribution in [-0.4, -0.2) is 18.7 Å². The third-order valence-electron chi connectivity index (χ3n) is 2.73. The maximum Gasteiger partial charge on any atom is 0.123 e. The molecule has 0 saturated heterocycles. The minimum atomic E-state index is 0.369. The molecule has 0 bridgehead atoms. The standard InChI is InChI=1S/C13H19NO/c1-10(2)14-8-7-12-9-11-5-3-4-6-13(11)15-12/h3-6,10,12,14H,7-9H2,1-2H3. The van der Waals surface area contributed by atoms with Crippen molar-refractivity contribution in [3.8, 4) is 5.75 Å². The number of fused-ring (bicyclic) bond motifs is 1. The molecule has 2 heteroatoms. The third kappa shape index (κ3) is 2.72. The van der Waals surface area contributed by atoms with E-state index in [0.717, 1.165) is 25.1 Å². The van der Waals surface area contributed by atoms with Gasteiger partial charge < -0.3 is 10.1 Å². The van der Waals surface area contributed by atoms with Gasteiger partial charge in [-0.3, -0.25) is 0 Å². The summed E-state index contributed by atoms with van der Waals surface area (Å²) < 4.78 is 5.85. The highest BCUT2D eigenvalue weighted by molar-refractivity contribution is 5.37. The number of hydrogen-bond acceptors (Lipinski definition) is 2. The Labute approximate surface area is 91.6 Å². The Bertz CT molecular complexity index is 297. The van der Waals surface area contributed by atoms with Crippen LogP contribution in [0.15, 0.2) is 24.3 Å². The predicted molar refractivity (Wildman–Crippen MR) is 62.3 cm³/mol. The number of ether oxygens (including phenoxy) is 1. The first-order valence-electron chi connectivity index (χ1n) is 5.73. The van der Waals surface area contributed by atoms with E-state index in [2.05, 4.69) is 37.4 Å². The van der Waals surface area contributed by atoms with E-state index in [-0.39, 0.29) is 0 Å². The zero-order valence-electron chi connectivity index (χ0n) is 9.49. The molecule has 1 N–H and O–H groups in total. The summed E-state index contributed by atoms with van der Waals surface area (Å²) >= 11 is 0. The molecule has 0 aromatic heterocycles. The fraction of sp³-hybridized carbons (Fsp3) is 0.538. The van der Waals surface area contributed by atoms with Gasteiger partial charge in [-0.05, 0) is 24.6 Å². The van der Waals surface area contributed by atoms with E-state index < -0.39 is 0 Å². The van der Waals surface area contributed by atoms with Crippen LogP contribution in [0.1, 0.15) is 25.8 Å². The Balaban J connectivity index is 1.80. The van der Waals surface area contributed by atoms with Crippen molar-refractivity contribution >= 4 is 0 Å². The number of rotatable bonds is 4. The van der Waals surface area contributed by atoms with Crippen LogP contribution in [0.25, 0.3) is 0 Å². The minimum absolute atomic E-state index is 0.369.